The molecule has 0 bridgehead atoms. The van der Waals surface area contributed by atoms with E-state index in [0.717, 1.165) is 37.2 Å². The van der Waals surface area contributed by atoms with Crippen LogP contribution in [0.15, 0.2) is 48.2 Å². The maximum atomic E-state index is 12.4. The van der Waals surface area contributed by atoms with Crippen LogP contribution in [0, 0.1) is 6.92 Å². The predicted octanol–water partition coefficient (Wildman–Crippen LogP) is 3.64. The molecule has 0 saturated carbocycles. The summed E-state index contributed by atoms with van der Waals surface area (Å²) in [6.07, 6.45) is 6.00. The highest BCUT2D eigenvalue weighted by atomic mass is 16.2. The minimum absolute atomic E-state index is 0.146. The van der Waals surface area contributed by atoms with Crippen molar-refractivity contribution >= 4 is 12.0 Å². The molecule has 2 heterocycles. The number of nitrogens with one attached hydrogen (secondary N) is 1. The van der Waals surface area contributed by atoms with E-state index in [1.165, 1.54) is 11.1 Å². The summed E-state index contributed by atoms with van der Waals surface area (Å²) in [5.41, 5.74) is 4.42. The molecule has 3 nitrogen and oxygen atoms in total. The first-order valence-electron chi connectivity index (χ1n) is 7.42. The molecule has 0 spiro atoms. The lowest BCUT2D eigenvalue weighted by molar-refractivity contribution is 0.0743. The van der Waals surface area contributed by atoms with Crippen molar-refractivity contribution in [2.75, 3.05) is 13.1 Å². The van der Waals surface area contributed by atoms with Crippen molar-refractivity contribution in [3.8, 4) is 0 Å². The van der Waals surface area contributed by atoms with Crippen LogP contribution in [0.3, 0.4) is 0 Å². The van der Waals surface area contributed by atoms with Crippen LogP contribution < -0.4 is 0 Å². The first kappa shape index (κ1) is 13.7. The van der Waals surface area contributed by atoms with E-state index in [-0.39, 0.29) is 5.91 Å². The molecule has 1 aromatic heterocycles. The van der Waals surface area contributed by atoms with E-state index in [0.29, 0.717) is 0 Å². The number of hydrogen-bond acceptors (Lipinski definition) is 1. The second kappa shape index (κ2) is 6.00. The first-order chi connectivity index (χ1) is 10.2. The lowest BCUT2D eigenvalue weighted by atomic mass is 10.0. The predicted molar refractivity (Wildman–Crippen MR) is 85.1 cm³/mol. The number of H-pyrrole nitrogens is 1. The Morgan fingerprint density at radius 1 is 1.14 bits per heavy atom. The summed E-state index contributed by atoms with van der Waals surface area (Å²) in [7, 11) is 0. The topological polar surface area (TPSA) is 36.1 Å². The molecule has 0 unspecified atom stereocenters. The maximum absolute atomic E-state index is 12.4. The SMILES string of the molecule is Cc1[nH]ccc1C(=O)N1CCC(=Cc2ccccc2)CC1. The molecule has 1 aliphatic heterocycles. The number of aromatic amines is 1. The molecular formula is C18H20N2O. The summed E-state index contributed by atoms with van der Waals surface area (Å²) >= 11 is 0. The van der Waals surface area contributed by atoms with Gasteiger partial charge in [-0.15, -0.1) is 0 Å². The van der Waals surface area contributed by atoms with Crippen LogP contribution in [-0.2, 0) is 0 Å². The summed E-state index contributed by atoms with van der Waals surface area (Å²) in [6.45, 7) is 3.56. The van der Waals surface area contributed by atoms with E-state index in [2.05, 4.69) is 35.3 Å². The number of carbonyl (C=O) groups excluding carboxylic acids is 1. The monoisotopic (exact) mass is 280 g/mol. The number of hydrogen-bond donors (Lipinski definition) is 1. The van der Waals surface area contributed by atoms with E-state index in [4.69, 9.17) is 0 Å². The van der Waals surface area contributed by atoms with Crippen molar-refractivity contribution in [2.24, 2.45) is 0 Å². The molecule has 1 amide bonds. The fourth-order valence-electron chi connectivity index (χ4n) is 2.78. The Morgan fingerprint density at radius 3 is 2.48 bits per heavy atom. The van der Waals surface area contributed by atoms with Gasteiger partial charge in [0.05, 0.1) is 5.56 Å². The molecule has 0 aliphatic carbocycles. The van der Waals surface area contributed by atoms with Crippen LogP contribution in [0.1, 0.15) is 34.5 Å². The average Bonchev–Trinajstić information content (AvgIpc) is 2.94. The number of nitrogens with zero attached hydrogens (tertiary/aromatic N) is 1. The van der Waals surface area contributed by atoms with Gasteiger partial charge >= 0.3 is 0 Å². The summed E-state index contributed by atoms with van der Waals surface area (Å²) in [5, 5.41) is 0. The van der Waals surface area contributed by atoms with Crippen molar-refractivity contribution < 1.29 is 4.79 Å². The van der Waals surface area contributed by atoms with Gasteiger partial charge in [0.1, 0.15) is 0 Å². The lowest BCUT2D eigenvalue weighted by Gasteiger charge is -2.28. The third-order valence-electron chi connectivity index (χ3n) is 4.05. The standard InChI is InChI=1S/C18H20N2O/c1-14-17(7-10-19-14)18(21)20-11-8-16(9-12-20)13-15-5-3-2-4-6-15/h2-7,10,13,19H,8-9,11-12H2,1H3. The zero-order valence-corrected chi connectivity index (χ0v) is 12.3. The Kier molecular flexibility index (Phi) is 3.91. The summed E-state index contributed by atoms with van der Waals surface area (Å²) in [5.74, 6) is 0.146. The molecule has 1 aromatic carbocycles. The van der Waals surface area contributed by atoms with Crippen LogP contribution in [0.25, 0.3) is 6.08 Å². The van der Waals surface area contributed by atoms with E-state index in [9.17, 15) is 4.79 Å². The third kappa shape index (κ3) is 3.07. The summed E-state index contributed by atoms with van der Waals surface area (Å²) in [6, 6.07) is 12.2. The van der Waals surface area contributed by atoms with Crippen LogP contribution in [0.4, 0.5) is 0 Å². The number of piperidine rings is 1. The fraction of sp³-hybridized carbons (Fsp3) is 0.278. The van der Waals surface area contributed by atoms with Crippen molar-refractivity contribution in [3.05, 3.63) is 65.0 Å². The van der Waals surface area contributed by atoms with Crippen LogP contribution >= 0.6 is 0 Å². The van der Waals surface area contributed by atoms with Crippen molar-refractivity contribution in [2.45, 2.75) is 19.8 Å². The quantitative estimate of drug-likeness (QED) is 0.895. The van der Waals surface area contributed by atoms with Crippen LogP contribution in [0.2, 0.25) is 0 Å². The van der Waals surface area contributed by atoms with Crippen molar-refractivity contribution in [1.29, 1.82) is 0 Å². The molecule has 2 aromatic rings. The van der Waals surface area contributed by atoms with Gasteiger partial charge in [0, 0.05) is 25.0 Å². The van der Waals surface area contributed by atoms with Gasteiger partial charge in [0.2, 0.25) is 0 Å². The number of carbonyl (C=O) groups is 1. The van der Waals surface area contributed by atoms with Crippen LogP contribution in [0.5, 0.6) is 0 Å². The van der Waals surface area contributed by atoms with E-state index in [1.54, 1.807) is 0 Å². The van der Waals surface area contributed by atoms with E-state index < -0.39 is 0 Å². The third-order valence-corrected chi connectivity index (χ3v) is 4.05. The van der Waals surface area contributed by atoms with Crippen molar-refractivity contribution in [1.82, 2.24) is 9.88 Å². The van der Waals surface area contributed by atoms with Gasteiger partial charge < -0.3 is 9.88 Å². The normalized spacial score (nSPS) is 15.1. The molecule has 3 heteroatoms. The Labute approximate surface area is 125 Å². The van der Waals surface area contributed by atoms with Crippen molar-refractivity contribution in [3.63, 3.8) is 0 Å². The Morgan fingerprint density at radius 2 is 1.86 bits per heavy atom. The maximum Gasteiger partial charge on any atom is 0.255 e. The zero-order chi connectivity index (χ0) is 14.7. The molecule has 1 N–H and O–H groups in total. The smallest absolute Gasteiger partial charge is 0.255 e. The number of aromatic nitrogens is 1. The second-order valence-electron chi connectivity index (χ2n) is 5.52. The molecular weight excluding hydrogens is 260 g/mol. The first-order valence-corrected chi connectivity index (χ1v) is 7.42. The minimum Gasteiger partial charge on any atom is -0.365 e. The zero-order valence-electron chi connectivity index (χ0n) is 12.3. The molecule has 1 saturated heterocycles. The number of rotatable bonds is 2. The average molecular weight is 280 g/mol. The number of aryl methyl sites for hydroxylation is 1. The largest absolute Gasteiger partial charge is 0.365 e. The number of amides is 1. The summed E-state index contributed by atoms with van der Waals surface area (Å²) in [4.78, 5) is 17.5. The fourth-order valence-corrected chi connectivity index (χ4v) is 2.78. The molecule has 3 rings (SSSR count). The van der Waals surface area contributed by atoms with Gasteiger partial charge in [-0.05, 0) is 31.4 Å². The number of benzene rings is 1. The highest BCUT2D eigenvalue weighted by Crippen LogP contribution is 2.21. The number of likely N-dealkylation sites (tertiary alicyclic amines) is 1. The molecule has 0 radical (unpaired) electrons. The highest BCUT2D eigenvalue weighted by Gasteiger charge is 2.21. The Bertz CT molecular complexity index is 645. The van der Waals surface area contributed by atoms with Gasteiger partial charge in [-0.1, -0.05) is 42.0 Å². The minimum atomic E-state index is 0.146. The van der Waals surface area contributed by atoms with E-state index in [1.807, 2.05) is 30.2 Å². The summed E-state index contributed by atoms with van der Waals surface area (Å²) < 4.78 is 0. The highest BCUT2D eigenvalue weighted by molar-refractivity contribution is 5.95. The Balaban J connectivity index is 1.64. The molecule has 0 atom stereocenters. The molecule has 1 fully saturated rings. The van der Waals surface area contributed by atoms with Gasteiger partial charge in [0.15, 0.2) is 0 Å². The molecule has 108 valence electrons. The van der Waals surface area contributed by atoms with Gasteiger partial charge in [0.25, 0.3) is 5.91 Å². The molecule has 1 aliphatic rings. The van der Waals surface area contributed by atoms with Gasteiger partial charge in [-0.25, -0.2) is 0 Å². The Hall–Kier alpha value is -2.29. The molecule has 21 heavy (non-hydrogen) atoms. The lowest BCUT2D eigenvalue weighted by Crippen LogP contribution is -2.36. The second-order valence-corrected chi connectivity index (χ2v) is 5.52. The van der Waals surface area contributed by atoms with Crippen LogP contribution in [-0.4, -0.2) is 28.9 Å². The van der Waals surface area contributed by atoms with Gasteiger partial charge in [-0.2, -0.15) is 0 Å². The van der Waals surface area contributed by atoms with E-state index >= 15 is 0 Å². The van der Waals surface area contributed by atoms with Gasteiger partial charge in [-0.3, -0.25) is 4.79 Å².